The number of carboxylic acids is 1. The number of rotatable bonds is 6. The second kappa shape index (κ2) is 9.10. The van der Waals surface area contributed by atoms with Crippen LogP contribution in [0.1, 0.15) is 56.4 Å². The van der Waals surface area contributed by atoms with Crippen molar-refractivity contribution in [2.75, 3.05) is 13.1 Å². The Morgan fingerprint density at radius 3 is 2.26 bits per heavy atom. The minimum Gasteiger partial charge on any atom is -0.476 e. The van der Waals surface area contributed by atoms with Crippen LogP contribution in [0, 0.1) is 0 Å². The molecule has 2 fully saturated rings. The Hall–Kier alpha value is -2.25. The first-order chi connectivity index (χ1) is 13.1. The molecular weight excluding hydrogens is 344 g/mol. The number of nitrogens with two attached hydrogens (primary N) is 2. The summed E-state index contributed by atoms with van der Waals surface area (Å²) >= 11 is 0. The minimum atomic E-state index is -1.27. The predicted molar refractivity (Wildman–Crippen MR) is 104 cm³/mol. The van der Waals surface area contributed by atoms with Gasteiger partial charge in [0.25, 0.3) is 0 Å². The van der Waals surface area contributed by atoms with E-state index in [0.717, 1.165) is 6.04 Å². The van der Waals surface area contributed by atoms with Crippen LogP contribution in [0.4, 0.5) is 0 Å². The van der Waals surface area contributed by atoms with Crippen LogP contribution in [0.25, 0.3) is 0 Å². The third kappa shape index (κ3) is 4.93. The Kier molecular flexibility index (Phi) is 6.58. The standard InChI is InChI=1S/C20H30N4O3/c21-19(18(23-22)20(25)26)27-17-10-6-15(7-11-17)14-4-8-16(9-5-14)24-12-2-1-3-13-24/h6-7,10-11,14,16,23H,1-5,8-9,12-13,21-22H2,(H,25,26)/b19-18+. The molecule has 1 saturated heterocycles. The Bertz CT molecular complexity index is 660. The molecule has 27 heavy (non-hydrogen) atoms. The van der Waals surface area contributed by atoms with Gasteiger partial charge in [-0.2, -0.15) is 0 Å². The van der Waals surface area contributed by atoms with Crippen LogP contribution in [0.3, 0.4) is 0 Å². The fourth-order valence-corrected chi connectivity index (χ4v) is 4.28. The lowest BCUT2D eigenvalue weighted by molar-refractivity contribution is -0.133. The fraction of sp³-hybridized carbons (Fsp3) is 0.550. The molecule has 1 aliphatic heterocycles. The molecule has 7 nitrogen and oxygen atoms in total. The highest BCUT2D eigenvalue weighted by molar-refractivity contribution is 5.86. The van der Waals surface area contributed by atoms with Crippen LogP contribution in [0.15, 0.2) is 35.8 Å². The number of benzene rings is 1. The van der Waals surface area contributed by atoms with Crippen molar-refractivity contribution in [1.29, 1.82) is 0 Å². The van der Waals surface area contributed by atoms with E-state index in [0.29, 0.717) is 11.7 Å². The zero-order valence-corrected chi connectivity index (χ0v) is 15.7. The number of ether oxygens (including phenoxy) is 1. The van der Waals surface area contributed by atoms with E-state index in [9.17, 15) is 4.79 Å². The fourth-order valence-electron chi connectivity index (χ4n) is 4.28. The monoisotopic (exact) mass is 374 g/mol. The van der Waals surface area contributed by atoms with Gasteiger partial charge in [-0.1, -0.05) is 18.6 Å². The molecule has 0 spiro atoms. The highest BCUT2D eigenvalue weighted by Crippen LogP contribution is 2.36. The van der Waals surface area contributed by atoms with Crippen molar-refractivity contribution >= 4 is 5.97 Å². The number of piperidine rings is 1. The van der Waals surface area contributed by atoms with E-state index in [4.69, 9.17) is 21.4 Å². The maximum Gasteiger partial charge on any atom is 0.358 e. The second-order valence-electron chi connectivity index (χ2n) is 7.46. The molecule has 3 rings (SSSR count). The molecule has 1 aliphatic carbocycles. The first-order valence-corrected chi connectivity index (χ1v) is 9.80. The van der Waals surface area contributed by atoms with Gasteiger partial charge in [-0.25, -0.2) is 4.79 Å². The Balaban J connectivity index is 1.56. The van der Waals surface area contributed by atoms with Gasteiger partial charge in [0.05, 0.1) is 0 Å². The molecule has 0 aromatic heterocycles. The molecule has 7 heteroatoms. The molecule has 0 radical (unpaired) electrons. The van der Waals surface area contributed by atoms with Gasteiger partial charge < -0.3 is 25.9 Å². The summed E-state index contributed by atoms with van der Waals surface area (Å²) in [6.45, 7) is 2.54. The molecule has 1 aromatic carbocycles. The van der Waals surface area contributed by atoms with Gasteiger partial charge in [0.1, 0.15) is 5.75 Å². The molecule has 1 aromatic rings. The summed E-state index contributed by atoms with van der Waals surface area (Å²) in [7, 11) is 0. The van der Waals surface area contributed by atoms with E-state index in [1.54, 1.807) is 0 Å². The zero-order valence-electron chi connectivity index (χ0n) is 15.7. The van der Waals surface area contributed by atoms with Gasteiger partial charge in [0.15, 0.2) is 5.70 Å². The average Bonchev–Trinajstić information content (AvgIpc) is 2.70. The lowest BCUT2D eigenvalue weighted by Crippen LogP contribution is -2.41. The Morgan fingerprint density at radius 2 is 1.70 bits per heavy atom. The average molecular weight is 374 g/mol. The molecule has 1 heterocycles. The molecule has 0 unspecified atom stereocenters. The maximum atomic E-state index is 11.0. The van der Waals surface area contributed by atoms with E-state index >= 15 is 0 Å². The number of hydrazine groups is 1. The molecule has 0 amide bonds. The number of hydrogen-bond acceptors (Lipinski definition) is 6. The third-order valence-electron chi connectivity index (χ3n) is 5.79. The largest absolute Gasteiger partial charge is 0.476 e. The summed E-state index contributed by atoms with van der Waals surface area (Å²) < 4.78 is 5.39. The van der Waals surface area contributed by atoms with Gasteiger partial charge in [-0.15, -0.1) is 0 Å². The first-order valence-electron chi connectivity index (χ1n) is 9.80. The quantitative estimate of drug-likeness (QED) is 0.261. The summed E-state index contributed by atoms with van der Waals surface area (Å²) in [6.07, 6.45) is 9.04. The molecule has 2 aliphatic rings. The highest BCUT2D eigenvalue weighted by Gasteiger charge is 2.27. The van der Waals surface area contributed by atoms with E-state index in [1.807, 2.05) is 29.7 Å². The summed E-state index contributed by atoms with van der Waals surface area (Å²) in [5.41, 5.74) is 8.64. The van der Waals surface area contributed by atoms with Crippen molar-refractivity contribution in [2.24, 2.45) is 11.6 Å². The highest BCUT2D eigenvalue weighted by atomic mass is 16.5. The van der Waals surface area contributed by atoms with Gasteiger partial charge in [0.2, 0.25) is 5.88 Å². The van der Waals surface area contributed by atoms with Crippen molar-refractivity contribution in [3.05, 3.63) is 41.4 Å². The second-order valence-corrected chi connectivity index (χ2v) is 7.46. The molecule has 0 bridgehead atoms. The van der Waals surface area contributed by atoms with Crippen LogP contribution in [0.5, 0.6) is 5.75 Å². The topological polar surface area (TPSA) is 114 Å². The normalized spacial score (nSPS) is 24.8. The summed E-state index contributed by atoms with van der Waals surface area (Å²) in [5.74, 6) is 4.70. The van der Waals surface area contributed by atoms with Crippen LogP contribution in [0.2, 0.25) is 0 Å². The van der Waals surface area contributed by atoms with Crippen LogP contribution in [-0.4, -0.2) is 35.1 Å². The van der Waals surface area contributed by atoms with E-state index in [-0.39, 0.29) is 11.6 Å². The summed E-state index contributed by atoms with van der Waals surface area (Å²) in [5, 5.41) is 8.99. The van der Waals surface area contributed by atoms with Gasteiger partial charge >= 0.3 is 5.97 Å². The molecule has 0 atom stereocenters. The zero-order chi connectivity index (χ0) is 19.2. The van der Waals surface area contributed by atoms with E-state index in [2.05, 4.69) is 4.90 Å². The maximum absolute atomic E-state index is 11.0. The van der Waals surface area contributed by atoms with Crippen molar-refractivity contribution in [3.63, 3.8) is 0 Å². The molecule has 148 valence electrons. The third-order valence-corrected chi connectivity index (χ3v) is 5.79. The summed E-state index contributed by atoms with van der Waals surface area (Å²) in [6, 6.07) is 8.51. The van der Waals surface area contributed by atoms with Gasteiger partial charge in [-0.05, 0) is 75.2 Å². The molecular formula is C20H30N4O3. The van der Waals surface area contributed by atoms with Crippen molar-refractivity contribution in [3.8, 4) is 5.75 Å². The first kappa shape index (κ1) is 19.5. The number of hydrogen-bond donors (Lipinski definition) is 4. The van der Waals surface area contributed by atoms with Gasteiger partial charge in [-0.3, -0.25) is 5.84 Å². The lowest BCUT2D eigenvalue weighted by Gasteiger charge is -2.39. The van der Waals surface area contributed by atoms with E-state index < -0.39 is 5.97 Å². The number of nitrogens with zero attached hydrogens (tertiary/aromatic N) is 1. The number of nitrogens with one attached hydrogen (secondary N) is 1. The number of carboxylic acid groups (broad SMARTS) is 1. The number of likely N-dealkylation sites (tertiary alicyclic amines) is 1. The van der Waals surface area contributed by atoms with Crippen molar-refractivity contribution in [1.82, 2.24) is 10.3 Å². The Labute approximate surface area is 160 Å². The predicted octanol–water partition coefficient (Wildman–Crippen LogP) is 2.25. The smallest absolute Gasteiger partial charge is 0.358 e. The van der Waals surface area contributed by atoms with Crippen molar-refractivity contribution < 1.29 is 14.6 Å². The number of carbonyl (C=O) groups is 1. The summed E-state index contributed by atoms with van der Waals surface area (Å²) in [4.78, 5) is 13.7. The lowest BCUT2D eigenvalue weighted by atomic mass is 9.81. The Morgan fingerprint density at radius 1 is 1.07 bits per heavy atom. The van der Waals surface area contributed by atoms with Crippen LogP contribution < -0.4 is 21.7 Å². The van der Waals surface area contributed by atoms with Crippen molar-refractivity contribution in [2.45, 2.75) is 56.9 Å². The van der Waals surface area contributed by atoms with E-state index in [1.165, 1.54) is 63.6 Å². The van der Waals surface area contributed by atoms with Crippen LogP contribution >= 0.6 is 0 Å². The molecule has 1 saturated carbocycles. The number of aliphatic carboxylic acids is 1. The van der Waals surface area contributed by atoms with Gasteiger partial charge in [0, 0.05) is 6.04 Å². The molecule has 6 N–H and O–H groups in total. The van der Waals surface area contributed by atoms with Crippen LogP contribution in [-0.2, 0) is 4.79 Å². The SMILES string of the molecule is NN/C(C(=O)O)=C(\N)Oc1ccc(C2CCC(N3CCCCC3)CC2)cc1. The minimum absolute atomic E-state index is 0.264.